The second kappa shape index (κ2) is 5.49. The molecule has 0 radical (unpaired) electrons. The molecule has 1 aliphatic carbocycles. The van der Waals surface area contributed by atoms with Gasteiger partial charge in [-0.05, 0) is 24.5 Å². The summed E-state index contributed by atoms with van der Waals surface area (Å²) in [5, 5.41) is 0. The van der Waals surface area contributed by atoms with E-state index in [4.69, 9.17) is 11.6 Å². The van der Waals surface area contributed by atoms with E-state index in [-0.39, 0.29) is 5.82 Å². The van der Waals surface area contributed by atoms with Gasteiger partial charge in [0.2, 0.25) is 0 Å². The Balaban J connectivity index is 1.93. The van der Waals surface area contributed by atoms with E-state index in [1.165, 1.54) is 25.3 Å². The molecule has 1 aromatic heterocycles. The molecule has 0 bridgehead atoms. The molecular weight excluding hydrogens is 263 g/mol. The van der Waals surface area contributed by atoms with Crippen molar-refractivity contribution in [3.63, 3.8) is 0 Å². The maximum absolute atomic E-state index is 13.8. The SMILES string of the molecule is Fc1cccc2c1nc(CCCl)n2CCC1CCC1. The highest BCUT2D eigenvalue weighted by atomic mass is 35.5. The molecule has 1 aliphatic rings. The van der Waals surface area contributed by atoms with Crippen molar-refractivity contribution in [1.82, 2.24) is 9.55 Å². The summed E-state index contributed by atoms with van der Waals surface area (Å²) in [6.07, 6.45) is 5.90. The number of benzene rings is 1. The van der Waals surface area contributed by atoms with E-state index >= 15 is 0 Å². The quantitative estimate of drug-likeness (QED) is 0.753. The first-order valence-corrected chi connectivity index (χ1v) is 7.52. The van der Waals surface area contributed by atoms with E-state index in [1.807, 2.05) is 6.07 Å². The fraction of sp³-hybridized carbons (Fsp3) is 0.533. The van der Waals surface area contributed by atoms with Crippen molar-refractivity contribution in [2.24, 2.45) is 5.92 Å². The number of para-hydroxylation sites is 1. The van der Waals surface area contributed by atoms with Crippen LogP contribution in [0.25, 0.3) is 11.0 Å². The van der Waals surface area contributed by atoms with Crippen molar-refractivity contribution in [2.45, 2.75) is 38.6 Å². The van der Waals surface area contributed by atoms with Crippen LogP contribution in [-0.2, 0) is 13.0 Å². The van der Waals surface area contributed by atoms with Gasteiger partial charge in [-0.15, -0.1) is 11.6 Å². The molecule has 4 heteroatoms. The standard InChI is InChI=1S/C15H18ClFN2/c16-9-7-14-18-15-12(17)5-2-6-13(15)19(14)10-8-11-3-1-4-11/h2,5-6,11H,1,3-4,7-10H2. The predicted molar refractivity (Wildman–Crippen MR) is 76.1 cm³/mol. The van der Waals surface area contributed by atoms with Gasteiger partial charge in [-0.3, -0.25) is 0 Å². The molecule has 0 aliphatic heterocycles. The lowest BCUT2D eigenvalue weighted by molar-refractivity contribution is 0.282. The van der Waals surface area contributed by atoms with Crippen molar-refractivity contribution in [3.8, 4) is 0 Å². The van der Waals surface area contributed by atoms with Crippen LogP contribution < -0.4 is 0 Å². The first kappa shape index (κ1) is 12.9. The molecule has 0 atom stereocenters. The first-order valence-electron chi connectivity index (χ1n) is 6.99. The van der Waals surface area contributed by atoms with Crippen LogP contribution in [-0.4, -0.2) is 15.4 Å². The lowest BCUT2D eigenvalue weighted by Gasteiger charge is -2.25. The minimum atomic E-state index is -0.240. The molecule has 2 aromatic rings. The molecule has 0 saturated heterocycles. The van der Waals surface area contributed by atoms with E-state index in [9.17, 15) is 4.39 Å². The molecule has 1 heterocycles. The van der Waals surface area contributed by atoms with Crippen LogP contribution in [0.2, 0.25) is 0 Å². The van der Waals surface area contributed by atoms with Gasteiger partial charge in [0.1, 0.15) is 11.3 Å². The highest BCUT2D eigenvalue weighted by molar-refractivity contribution is 6.17. The number of halogens is 2. The molecule has 102 valence electrons. The highest BCUT2D eigenvalue weighted by Gasteiger charge is 2.19. The Labute approximate surface area is 117 Å². The van der Waals surface area contributed by atoms with Crippen LogP contribution in [0.3, 0.4) is 0 Å². The lowest BCUT2D eigenvalue weighted by Crippen LogP contribution is -2.15. The molecule has 2 nitrogen and oxygen atoms in total. The van der Waals surface area contributed by atoms with Gasteiger partial charge in [-0.2, -0.15) is 0 Å². The summed E-state index contributed by atoms with van der Waals surface area (Å²) in [7, 11) is 0. The van der Waals surface area contributed by atoms with Crippen LogP contribution in [0.1, 0.15) is 31.5 Å². The molecular formula is C15H18ClFN2. The van der Waals surface area contributed by atoms with E-state index in [0.29, 0.717) is 17.8 Å². The van der Waals surface area contributed by atoms with Crippen molar-refractivity contribution in [1.29, 1.82) is 0 Å². The number of imidazole rings is 1. The third-order valence-corrected chi connectivity index (χ3v) is 4.30. The van der Waals surface area contributed by atoms with Crippen LogP contribution in [0.15, 0.2) is 18.2 Å². The van der Waals surface area contributed by atoms with E-state index in [2.05, 4.69) is 9.55 Å². The summed E-state index contributed by atoms with van der Waals surface area (Å²) in [4.78, 5) is 4.43. The average molecular weight is 281 g/mol. The van der Waals surface area contributed by atoms with Gasteiger partial charge in [0.25, 0.3) is 0 Å². The molecule has 0 amide bonds. The number of rotatable bonds is 5. The number of hydrogen-bond donors (Lipinski definition) is 0. The van der Waals surface area contributed by atoms with Crippen LogP contribution in [0, 0.1) is 11.7 Å². The Bertz CT molecular complexity index is 575. The zero-order valence-electron chi connectivity index (χ0n) is 10.9. The van der Waals surface area contributed by atoms with Gasteiger partial charge in [-0.1, -0.05) is 25.3 Å². The molecule has 1 aromatic carbocycles. The van der Waals surface area contributed by atoms with Crippen molar-refractivity contribution >= 4 is 22.6 Å². The maximum atomic E-state index is 13.8. The number of nitrogens with zero attached hydrogens (tertiary/aromatic N) is 2. The minimum Gasteiger partial charge on any atom is -0.328 e. The molecule has 0 N–H and O–H groups in total. The van der Waals surface area contributed by atoms with Gasteiger partial charge in [-0.25, -0.2) is 9.37 Å². The number of alkyl halides is 1. The summed E-state index contributed by atoms with van der Waals surface area (Å²) in [6, 6.07) is 5.17. The largest absolute Gasteiger partial charge is 0.328 e. The van der Waals surface area contributed by atoms with Crippen molar-refractivity contribution < 1.29 is 4.39 Å². The number of aryl methyl sites for hydroxylation is 2. The van der Waals surface area contributed by atoms with Crippen LogP contribution >= 0.6 is 11.6 Å². The monoisotopic (exact) mass is 280 g/mol. The van der Waals surface area contributed by atoms with Gasteiger partial charge >= 0.3 is 0 Å². The Morgan fingerprint density at radius 1 is 1.37 bits per heavy atom. The van der Waals surface area contributed by atoms with Crippen LogP contribution in [0.5, 0.6) is 0 Å². The molecule has 1 saturated carbocycles. The van der Waals surface area contributed by atoms with Gasteiger partial charge < -0.3 is 4.57 Å². The predicted octanol–water partition coefficient (Wildman–Crippen LogP) is 4.15. The zero-order valence-corrected chi connectivity index (χ0v) is 11.7. The summed E-state index contributed by atoms with van der Waals surface area (Å²) in [5.41, 5.74) is 1.38. The second-order valence-corrected chi connectivity index (χ2v) is 5.69. The Hall–Kier alpha value is -1.09. The highest BCUT2D eigenvalue weighted by Crippen LogP contribution is 2.30. The van der Waals surface area contributed by atoms with Gasteiger partial charge in [0, 0.05) is 18.8 Å². The maximum Gasteiger partial charge on any atom is 0.151 e. The molecule has 0 unspecified atom stereocenters. The summed E-state index contributed by atoms with van der Waals surface area (Å²) in [6.45, 7) is 0.927. The zero-order chi connectivity index (χ0) is 13.2. The first-order chi connectivity index (χ1) is 9.29. The van der Waals surface area contributed by atoms with E-state index in [0.717, 1.165) is 30.2 Å². The second-order valence-electron chi connectivity index (χ2n) is 5.31. The number of aromatic nitrogens is 2. The van der Waals surface area contributed by atoms with Crippen molar-refractivity contribution in [3.05, 3.63) is 29.8 Å². The fourth-order valence-electron chi connectivity index (χ4n) is 2.78. The summed E-state index contributed by atoms with van der Waals surface area (Å²) < 4.78 is 15.9. The van der Waals surface area contributed by atoms with Gasteiger partial charge in [0.05, 0.1) is 5.52 Å². The lowest BCUT2D eigenvalue weighted by atomic mass is 9.83. The van der Waals surface area contributed by atoms with E-state index < -0.39 is 0 Å². The number of hydrogen-bond acceptors (Lipinski definition) is 1. The summed E-state index contributed by atoms with van der Waals surface area (Å²) in [5.74, 6) is 2.04. The topological polar surface area (TPSA) is 17.8 Å². The Kier molecular flexibility index (Phi) is 3.74. The smallest absolute Gasteiger partial charge is 0.151 e. The molecule has 0 spiro atoms. The van der Waals surface area contributed by atoms with Crippen molar-refractivity contribution in [2.75, 3.05) is 5.88 Å². The van der Waals surface area contributed by atoms with Crippen LogP contribution in [0.4, 0.5) is 4.39 Å². The Morgan fingerprint density at radius 3 is 2.89 bits per heavy atom. The number of fused-ring (bicyclic) bond motifs is 1. The third kappa shape index (κ3) is 2.48. The molecule has 1 fully saturated rings. The Morgan fingerprint density at radius 2 is 2.21 bits per heavy atom. The molecule has 3 rings (SSSR count). The van der Waals surface area contributed by atoms with Gasteiger partial charge in [0.15, 0.2) is 5.82 Å². The molecule has 19 heavy (non-hydrogen) atoms. The summed E-state index contributed by atoms with van der Waals surface area (Å²) >= 11 is 5.83. The third-order valence-electron chi connectivity index (χ3n) is 4.11. The normalized spacial score (nSPS) is 15.9. The fourth-order valence-corrected chi connectivity index (χ4v) is 2.95. The minimum absolute atomic E-state index is 0.240. The average Bonchev–Trinajstić information content (AvgIpc) is 2.68. The van der Waals surface area contributed by atoms with E-state index in [1.54, 1.807) is 6.07 Å².